The molecule has 0 bridgehead atoms. The second-order valence-corrected chi connectivity index (χ2v) is 4.59. The van der Waals surface area contributed by atoms with Gasteiger partial charge < -0.3 is 10.5 Å². The first-order valence-corrected chi connectivity index (χ1v) is 5.75. The molecule has 2 atom stereocenters. The Balaban J connectivity index is 1.98. The molecule has 0 amide bonds. The molecule has 2 nitrogen and oxygen atoms in total. The van der Waals surface area contributed by atoms with Crippen LogP contribution in [-0.2, 0) is 4.74 Å². The second kappa shape index (κ2) is 4.54. The lowest BCUT2D eigenvalue weighted by atomic mass is 10.1. The van der Waals surface area contributed by atoms with Gasteiger partial charge in [0.1, 0.15) is 5.83 Å². The van der Waals surface area contributed by atoms with E-state index < -0.39 is 11.2 Å². The molecule has 84 valence electrons. The van der Waals surface area contributed by atoms with Gasteiger partial charge in [0.25, 0.3) is 0 Å². The lowest BCUT2D eigenvalue weighted by Crippen LogP contribution is -2.29. The van der Waals surface area contributed by atoms with Crippen molar-refractivity contribution in [3.63, 3.8) is 0 Å². The number of hydrogen-bond acceptors (Lipinski definition) is 2. The average molecular weight is 232 g/mol. The summed E-state index contributed by atoms with van der Waals surface area (Å²) in [7, 11) is 0. The first kappa shape index (κ1) is 11.0. The van der Waals surface area contributed by atoms with Gasteiger partial charge in [-0.3, -0.25) is 0 Å². The van der Waals surface area contributed by atoms with Crippen LogP contribution in [0, 0.1) is 0 Å². The van der Waals surface area contributed by atoms with Gasteiger partial charge in [-0.15, -0.1) is 11.6 Å². The van der Waals surface area contributed by atoms with Crippen LogP contribution in [-0.4, -0.2) is 17.6 Å². The molecule has 0 aromatic carbocycles. The normalized spacial score (nSPS) is 32.7. The van der Waals surface area contributed by atoms with E-state index in [1.54, 1.807) is 6.08 Å². The first-order chi connectivity index (χ1) is 7.16. The highest BCUT2D eigenvalue weighted by atomic mass is 35.5. The number of ether oxygens (including phenoxy) is 1. The Kier molecular flexibility index (Phi) is 3.32. The second-order valence-electron chi connectivity index (χ2n) is 4.09. The SMILES string of the molecule is NC1=CC(OC2CCCC2)C(Cl)C=C1F. The fourth-order valence-electron chi connectivity index (χ4n) is 2.04. The van der Waals surface area contributed by atoms with Gasteiger partial charge in [0.05, 0.1) is 23.3 Å². The predicted molar refractivity (Wildman–Crippen MR) is 58.2 cm³/mol. The molecule has 2 aliphatic carbocycles. The summed E-state index contributed by atoms with van der Waals surface area (Å²) >= 11 is 5.98. The van der Waals surface area contributed by atoms with Crippen molar-refractivity contribution < 1.29 is 9.13 Å². The predicted octanol–water partition coefficient (Wildman–Crippen LogP) is 2.63. The van der Waals surface area contributed by atoms with E-state index in [2.05, 4.69) is 0 Å². The van der Waals surface area contributed by atoms with E-state index in [-0.39, 0.29) is 17.9 Å². The van der Waals surface area contributed by atoms with Gasteiger partial charge in [0.15, 0.2) is 0 Å². The molecule has 2 unspecified atom stereocenters. The zero-order valence-corrected chi connectivity index (χ0v) is 9.21. The van der Waals surface area contributed by atoms with Crippen molar-refractivity contribution >= 4 is 11.6 Å². The fourth-order valence-corrected chi connectivity index (χ4v) is 2.28. The monoisotopic (exact) mass is 231 g/mol. The van der Waals surface area contributed by atoms with Crippen LogP contribution in [0.3, 0.4) is 0 Å². The number of hydrogen-bond donors (Lipinski definition) is 1. The summed E-state index contributed by atoms with van der Waals surface area (Å²) in [6.07, 6.45) is 7.41. The average Bonchev–Trinajstić information content (AvgIpc) is 2.67. The summed E-state index contributed by atoms with van der Waals surface area (Å²) in [5.74, 6) is -0.443. The Morgan fingerprint density at radius 3 is 2.67 bits per heavy atom. The molecular formula is C11H15ClFNO. The van der Waals surface area contributed by atoms with Gasteiger partial charge in [0, 0.05) is 0 Å². The van der Waals surface area contributed by atoms with Crippen LogP contribution in [0.2, 0.25) is 0 Å². The van der Waals surface area contributed by atoms with Gasteiger partial charge in [-0.1, -0.05) is 12.8 Å². The summed E-state index contributed by atoms with van der Waals surface area (Å²) < 4.78 is 18.8. The molecule has 0 heterocycles. The Labute approximate surface area is 93.9 Å². The van der Waals surface area contributed by atoms with Crippen molar-refractivity contribution in [1.29, 1.82) is 0 Å². The van der Waals surface area contributed by atoms with Crippen molar-refractivity contribution in [2.75, 3.05) is 0 Å². The number of nitrogens with two attached hydrogens (primary N) is 1. The maximum Gasteiger partial charge on any atom is 0.143 e. The summed E-state index contributed by atoms with van der Waals surface area (Å²) in [5.41, 5.74) is 5.62. The van der Waals surface area contributed by atoms with Crippen molar-refractivity contribution in [3.8, 4) is 0 Å². The number of allylic oxidation sites excluding steroid dienone is 1. The van der Waals surface area contributed by atoms with Gasteiger partial charge in [-0.05, 0) is 25.0 Å². The summed E-state index contributed by atoms with van der Waals surface area (Å²) in [5, 5.41) is -0.446. The first-order valence-electron chi connectivity index (χ1n) is 5.31. The van der Waals surface area contributed by atoms with Crippen LogP contribution in [0.15, 0.2) is 23.7 Å². The lowest BCUT2D eigenvalue weighted by Gasteiger charge is -2.25. The molecule has 0 radical (unpaired) electrons. The van der Waals surface area contributed by atoms with Crippen molar-refractivity contribution in [2.45, 2.75) is 43.3 Å². The molecular weight excluding hydrogens is 217 g/mol. The maximum atomic E-state index is 13.0. The fraction of sp³-hybridized carbons (Fsp3) is 0.636. The van der Waals surface area contributed by atoms with Crippen LogP contribution in [0.4, 0.5) is 4.39 Å². The highest BCUT2D eigenvalue weighted by molar-refractivity contribution is 6.22. The summed E-state index contributed by atoms with van der Waals surface area (Å²) in [6, 6.07) is 0. The molecule has 2 N–H and O–H groups in total. The smallest absolute Gasteiger partial charge is 0.143 e. The minimum absolute atomic E-state index is 0.134. The van der Waals surface area contributed by atoms with Crippen molar-refractivity contribution in [3.05, 3.63) is 23.7 Å². The largest absolute Gasteiger partial charge is 0.397 e. The Bertz CT molecular complexity index is 297. The van der Waals surface area contributed by atoms with Crippen LogP contribution >= 0.6 is 11.6 Å². The molecule has 0 aromatic rings. The standard InChI is InChI=1S/C11H15ClFNO/c12-8-5-9(13)10(14)6-11(8)15-7-3-1-2-4-7/h5-8,11H,1-4,14H2. The molecule has 1 fully saturated rings. The molecule has 2 aliphatic rings. The number of alkyl halides is 1. The van der Waals surface area contributed by atoms with E-state index in [4.69, 9.17) is 22.1 Å². The minimum Gasteiger partial charge on any atom is -0.397 e. The van der Waals surface area contributed by atoms with Gasteiger partial charge in [-0.25, -0.2) is 4.39 Å². The third-order valence-corrected chi connectivity index (χ3v) is 3.27. The molecule has 0 spiro atoms. The molecule has 15 heavy (non-hydrogen) atoms. The van der Waals surface area contributed by atoms with Crippen LogP contribution < -0.4 is 5.73 Å². The van der Waals surface area contributed by atoms with Crippen molar-refractivity contribution in [1.82, 2.24) is 0 Å². The Hall–Kier alpha value is -0.540. The maximum absolute atomic E-state index is 13.0. The van der Waals surface area contributed by atoms with E-state index in [0.717, 1.165) is 12.8 Å². The summed E-state index contributed by atoms with van der Waals surface area (Å²) in [6.45, 7) is 0. The number of halogens is 2. The third kappa shape index (κ3) is 2.52. The zero-order valence-electron chi connectivity index (χ0n) is 8.46. The topological polar surface area (TPSA) is 35.2 Å². The Morgan fingerprint density at radius 1 is 1.33 bits per heavy atom. The molecule has 0 aliphatic heterocycles. The highest BCUT2D eigenvalue weighted by Crippen LogP contribution is 2.28. The molecule has 0 saturated heterocycles. The van der Waals surface area contributed by atoms with Gasteiger partial charge >= 0.3 is 0 Å². The van der Waals surface area contributed by atoms with E-state index in [9.17, 15) is 4.39 Å². The lowest BCUT2D eigenvalue weighted by molar-refractivity contribution is 0.0198. The van der Waals surface area contributed by atoms with Crippen molar-refractivity contribution in [2.24, 2.45) is 5.73 Å². The Morgan fingerprint density at radius 2 is 2.00 bits per heavy atom. The van der Waals surface area contributed by atoms with E-state index >= 15 is 0 Å². The van der Waals surface area contributed by atoms with Gasteiger partial charge in [0.2, 0.25) is 0 Å². The van der Waals surface area contributed by atoms with E-state index in [1.807, 2.05) is 0 Å². The van der Waals surface area contributed by atoms with E-state index in [0.29, 0.717) is 0 Å². The molecule has 2 rings (SSSR count). The number of rotatable bonds is 2. The quantitative estimate of drug-likeness (QED) is 0.742. The zero-order chi connectivity index (χ0) is 10.8. The van der Waals surface area contributed by atoms with Crippen LogP contribution in [0.1, 0.15) is 25.7 Å². The summed E-state index contributed by atoms with van der Waals surface area (Å²) in [4.78, 5) is 0. The molecule has 1 saturated carbocycles. The molecule has 0 aromatic heterocycles. The minimum atomic E-state index is -0.446. The van der Waals surface area contributed by atoms with Crippen LogP contribution in [0.25, 0.3) is 0 Å². The van der Waals surface area contributed by atoms with Crippen LogP contribution in [0.5, 0.6) is 0 Å². The van der Waals surface area contributed by atoms with E-state index in [1.165, 1.54) is 18.9 Å². The third-order valence-electron chi connectivity index (χ3n) is 2.89. The van der Waals surface area contributed by atoms with Gasteiger partial charge in [-0.2, -0.15) is 0 Å². The molecule has 4 heteroatoms. The highest BCUT2D eigenvalue weighted by Gasteiger charge is 2.27.